The number of methoxy groups -OCH3 is 1. The van der Waals surface area contributed by atoms with E-state index in [0.29, 0.717) is 45.3 Å². The van der Waals surface area contributed by atoms with Crippen molar-refractivity contribution < 1.29 is 38.0 Å². The van der Waals surface area contributed by atoms with Crippen LogP contribution in [0.1, 0.15) is 24.0 Å². The first kappa shape index (κ1) is 27.4. The molecular formula is C27H35NO8. The molecule has 1 N–H and O–H groups in total. The van der Waals surface area contributed by atoms with E-state index in [2.05, 4.69) is 11.9 Å². The molecule has 0 atom stereocenters. The van der Waals surface area contributed by atoms with Crippen molar-refractivity contribution in [2.75, 3.05) is 59.9 Å². The largest absolute Gasteiger partial charge is 0.490 e. The number of rotatable bonds is 15. The molecule has 0 fully saturated rings. The van der Waals surface area contributed by atoms with Crippen LogP contribution in [-0.2, 0) is 36.6 Å². The lowest BCUT2D eigenvalue weighted by atomic mass is 9.87. The van der Waals surface area contributed by atoms with E-state index >= 15 is 0 Å². The molecule has 0 unspecified atom stereocenters. The first-order valence-electron chi connectivity index (χ1n) is 12.2. The number of hydrogen-bond donors (Lipinski definition) is 1. The van der Waals surface area contributed by atoms with Crippen molar-refractivity contribution in [2.45, 2.75) is 25.7 Å². The molecular weight excluding hydrogens is 466 g/mol. The van der Waals surface area contributed by atoms with Crippen LogP contribution in [0.3, 0.4) is 0 Å². The van der Waals surface area contributed by atoms with Crippen molar-refractivity contribution in [2.24, 2.45) is 0 Å². The second-order valence-electron chi connectivity index (χ2n) is 8.12. The molecule has 9 nitrogen and oxygen atoms in total. The van der Waals surface area contributed by atoms with E-state index in [-0.39, 0.29) is 13.2 Å². The number of esters is 1. The van der Waals surface area contributed by atoms with E-state index in [4.69, 9.17) is 28.4 Å². The van der Waals surface area contributed by atoms with Crippen LogP contribution < -0.4 is 14.8 Å². The third kappa shape index (κ3) is 7.94. The van der Waals surface area contributed by atoms with Gasteiger partial charge in [0.25, 0.3) is 0 Å². The molecule has 2 aromatic carbocycles. The molecule has 1 aliphatic carbocycles. The number of benzene rings is 2. The van der Waals surface area contributed by atoms with Crippen LogP contribution in [0.4, 0.5) is 4.79 Å². The maximum absolute atomic E-state index is 12.6. The topological polar surface area (TPSA) is 102 Å². The van der Waals surface area contributed by atoms with Crippen LogP contribution in [0, 0.1) is 0 Å². The fourth-order valence-corrected chi connectivity index (χ4v) is 4.06. The quantitative estimate of drug-likeness (QED) is 0.224. The van der Waals surface area contributed by atoms with Gasteiger partial charge in [0.2, 0.25) is 0 Å². The highest BCUT2D eigenvalue weighted by Crippen LogP contribution is 2.44. The normalized spacial score (nSPS) is 12.6. The Morgan fingerprint density at radius 1 is 0.889 bits per heavy atom. The van der Waals surface area contributed by atoms with E-state index in [1.165, 1.54) is 0 Å². The fraction of sp³-hybridized carbons (Fsp3) is 0.481. The van der Waals surface area contributed by atoms with E-state index in [9.17, 15) is 9.59 Å². The lowest BCUT2D eigenvalue weighted by Gasteiger charge is -2.25. The summed E-state index contributed by atoms with van der Waals surface area (Å²) in [6, 6.07) is 7.84. The van der Waals surface area contributed by atoms with Crippen molar-refractivity contribution in [1.82, 2.24) is 5.32 Å². The standard InChI is InChI=1S/C27H35NO8/c1-3-24(29)34-19-17-33-16-15-32-13-12-28-27(30)36-26-22-10-6-4-8-20(22)25(35-18-14-31-2)21-9-5-7-11-23(21)26/h3-4,6,8,10H,1,5,7,9,11-19H2,2H3,(H,28,30). The van der Waals surface area contributed by atoms with Crippen molar-refractivity contribution in [3.05, 3.63) is 48.0 Å². The van der Waals surface area contributed by atoms with Gasteiger partial charge in [0, 0.05) is 41.6 Å². The molecule has 0 spiro atoms. The summed E-state index contributed by atoms with van der Waals surface area (Å²) in [5, 5.41) is 4.53. The highest BCUT2D eigenvalue weighted by molar-refractivity contribution is 5.97. The van der Waals surface area contributed by atoms with Crippen LogP contribution in [0.5, 0.6) is 11.5 Å². The number of ether oxygens (including phenoxy) is 6. The Bertz CT molecular complexity index is 1020. The lowest BCUT2D eigenvalue weighted by molar-refractivity contribution is -0.139. The summed E-state index contributed by atoms with van der Waals surface area (Å²) in [6.45, 7) is 6.05. The summed E-state index contributed by atoms with van der Waals surface area (Å²) in [7, 11) is 1.65. The Kier molecular flexibility index (Phi) is 11.5. The monoisotopic (exact) mass is 501 g/mol. The third-order valence-electron chi connectivity index (χ3n) is 5.69. The smallest absolute Gasteiger partial charge is 0.412 e. The van der Waals surface area contributed by atoms with Gasteiger partial charge >= 0.3 is 12.1 Å². The molecule has 0 saturated carbocycles. The third-order valence-corrected chi connectivity index (χ3v) is 5.69. The van der Waals surface area contributed by atoms with Gasteiger partial charge < -0.3 is 33.7 Å². The van der Waals surface area contributed by atoms with Crippen LogP contribution in [0.2, 0.25) is 0 Å². The predicted octanol–water partition coefficient (Wildman–Crippen LogP) is 3.59. The summed E-state index contributed by atoms with van der Waals surface area (Å²) in [4.78, 5) is 23.5. The highest BCUT2D eigenvalue weighted by atomic mass is 16.6. The van der Waals surface area contributed by atoms with E-state index < -0.39 is 12.1 Å². The number of hydrogen-bond acceptors (Lipinski definition) is 8. The fourth-order valence-electron chi connectivity index (χ4n) is 4.06. The highest BCUT2D eigenvalue weighted by Gasteiger charge is 2.25. The molecule has 0 saturated heterocycles. The summed E-state index contributed by atoms with van der Waals surface area (Å²) >= 11 is 0. The van der Waals surface area contributed by atoms with Crippen molar-refractivity contribution in [3.63, 3.8) is 0 Å². The van der Waals surface area contributed by atoms with Gasteiger partial charge in [-0.05, 0) is 25.7 Å². The molecule has 3 rings (SSSR count). The Hall–Kier alpha value is -3.14. The predicted molar refractivity (Wildman–Crippen MR) is 135 cm³/mol. The Morgan fingerprint density at radius 2 is 1.53 bits per heavy atom. The molecule has 0 heterocycles. The summed E-state index contributed by atoms with van der Waals surface area (Å²) in [5.41, 5.74) is 2.15. The van der Waals surface area contributed by atoms with Gasteiger partial charge in [-0.2, -0.15) is 0 Å². The second kappa shape index (κ2) is 15.1. The molecule has 36 heavy (non-hydrogen) atoms. The first-order valence-corrected chi connectivity index (χ1v) is 12.2. The van der Waals surface area contributed by atoms with Crippen LogP contribution in [-0.4, -0.2) is 72.0 Å². The summed E-state index contributed by atoms with van der Waals surface area (Å²) < 4.78 is 32.7. The summed E-state index contributed by atoms with van der Waals surface area (Å²) in [6.07, 6.45) is 4.40. The van der Waals surface area contributed by atoms with Crippen molar-refractivity contribution in [3.8, 4) is 11.5 Å². The van der Waals surface area contributed by atoms with E-state index in [1.807, 2.05) is 24.3 Å². The molecule has 0 aromatic heterocycles. The van der Waals surface area contributed by atoms with Crippen molar-refractivity contribution >= 4 is 22.8 Å². The Morgan fingerprint density at radius 3 is 2.22 bits per heavy atom. The molecule has 0 bridgehead atoms. The minimum atomic E-state index is -0.523. The van der Waals surface area contributed by atoms with Gasteiger partial charge in [-0.3, -0.25) is 0 Å². The summed E-state index contributed by atoms with van der Waals surface area (Å²) in [5.74, 6) is 0.982. The number of amides is 1. The van der Waals surface area contributed by atoms with Gasteiger partial charge in [-0.15, -0.1) is 0 Å². The molecule has 0 aliphatic heterocycles. The van der Waals surface area contributed by atoms with Gasteiger partial charge in [-0.1, -0.05) is 30.8 Å². The Balaban J connectivity index is 1.51. The van der Waals surface area contributed by atoms with Crippen LogP contribution in [0.15, 0.2) is 36.9 Å². The lowest BCUT2D eigenvalue weighted by Crippen LogP contribution is -2.31. The second-order valence-corrected chi connectivity index (χ2v) is 8.12. The Labute approximate surface area is 211 Å². The van der Waals surface area contributed by atoms with Gasteiger partial charge in [-0.25, -0.2) is 9.59 Å². The molecule has 196 valence electrons. The molecule has 1 amide bonds. The molecule has 0 radical (unpaired) electrons. The first-order chi connectivity index (χ1) is 17.7. The maximum atomic E-state index is 12.6. The zero-order chi connectivity index (χ0) is 25.6. The molecule has 2 aromatic rings. The van der Waals surface area contributed by atoms with Gasteiger partial charge in [0.05, 0.1) is 33.0 Å². The van der Waals surface area contributed by atoms with Gasteiger partial charge in [0.1, 0.15) is 24.7 Å². The molecule has 9 heteroatoms. The maximum Gasteiger partial charge on any atom is 0.412 e. The van der Waals surface area contributed by atoms with Crippen molar-refractivity contribution in [1.29, 1.82) is 0 Å². The average molecular weight is 502 g/mol. The molecule has 1 aliphatic rings. The van der Waals surface area contributed by atoms with Crippen LogP contribution in [0.25, 0.3) is 10.8 Å². The van der Waals surface area contributed by atoms with Crippen LogP contribution >= 0.6 is 0 Å². The minimum Gasteiger partial charge on any atom is -0.490 e. The minimum absolute atomic E-state index is 0.164. The van der Waals surface area contributed by atoms with Gasteiger partial charge in [0.15, 0.2) is 0 Å². The zero-order valence-electron chi connectivity index (χ0n) is 20.8. The zero-order valence-corrected chi connectivity index (χ0v) is 20.8. The average Bonchev–Trinajstić information content (AvgIpc) is 2.91. The SMILES string of the molecule is C=CC(=O)OCCOCCOCCNC(=O)Oc1c2c(c(OCCOC)c3ccccc13)CCCC2. The van der Waals surface area contributed by atoms with E-state index in [1.54, 1.807) is 7.11 Å². The number of carbonyl (C=O) groups excluding carboxylic acids is 2. The number of nitrogens with one attached hydrogen (secondary N) is 1. The van der Waals surface area contributed by atoms with E-state index in [0.717, 1.165) is 59.4 Å². The number of carbonyl (C=O) groups is 2. The number of fused-ring (bicyclic) bond motifs is 2.